The predicted octanol–water partition coefficient (Wildman–Crippen LogP) is 5.09. The number of rotatable bonds is 10. The van der Waals surface area contributed by atoms with E-state index in [0.29, 0.717) is 31.0 Å². The van der Waals surface area contributed by atoms with Gasteiger partial charge in [0, 0.05) is 23.5 Å². The molecule has 1 aromatic heterocycles. The Morgan fingerprint density at radius 2 is 1.71 bits per heavy atom. The summed E-state index contributed by atoms with van der Waals surface area (Å²) in [5.74, 6) is -0.730. The minimum absolute atomic E-state index is 0.134. The molecule has 35 heavy (non-hydrogen) atoms. The monoisotopic (exact) mass is 490 g/mol. The van der Waals surface area contributed by atoms with E-state index in [-0.39, 0.29) is 11.3 Å². The van der Waals surface area contributed by atoms with Gasteiger partial charge in [0.2, 0.25) is 0 Å². The highest BCUT2D eigenvalue weighted by Gasteiger charge is 2.46. The second-order valence-corrected chi connectivity index (χ2v) is 9.31. The smallest absolute Gasteiger partial charge is 0.295 e. The fourth-order valence-corrected chi connectivity index (χ4v) is 5.09. The molecule has 0 radical (unpaired) electrons. The summed E-state index contributed by atoms with van der Waals surface area (Å²) in [4.78, 5) is 30.8. The summed E-state index contributed by atoms with van der Waals surface area (Å²) in [6.07, 6.45) is 0. The average Bonchev–Trinajstić information content (AvgIpc) is 3.51. The fourth-order valence-electron chi connectivity index (χ4n) is 4.25. The van der Waals surface area contributed by atoms with Crippen LogP contribution in [0.3, 0.4) is 0 Å². The molecule has 6 nitrogen and oxygen atoms in total. The third-order valence-electron chi connectivity index (χ3n) is 6.28. The highest BCUT2D eigenvalue weighted by Crippen LogP contribution is 2.41. The van der Waals surface area contributed by atoms with E-state index in [1.54, 1.807) is 29.2 Å². The molecular weight excluding hydrogens is 460 g/mol. The van der Waals surface area contributed by atoms with Crippen LogP contribution in [0.15, 0.2) is 77.7 Å². The van der Waals surface area contributed by atoms with Crippen LogP contribution in [0.4, 0.5) is 0 Å². The molecule has 0 spiro atoms. The van der Waals surface area contributed by atoms with Crippen molar-refractivity contribution in [2.45, 2.75) is 26.5 Å². The normalized spacial score (nSPS) is 17.3. The van der Waals surface area contributed by atoms with Gasteiger partial charge in [0.1, 0.15) is 18.1 Å². The Kier molecular flexibility index (Phi) is 8.00. The molecule has 182 valence electrons. The van der Waals surface area contributed by atoms with Crippen molar-refractivity contribution in [2.75, 3.05) is 26.2 Å². The van der Waals surface area contributed by atoms with E-state index in [4.69, 9.17) is 4.74 Å². The van der Waals surface area contributed by atoms with Crippen molar-refractivity contribution in [3.8, 4) is 5.75 Å². The third-order valence-corrected chi connectivity index (χ3v) is 7.21. The zero-order valence-electron chi connectivity index (χ0n) is 20.0. The average molecular weight is 491 g/mol. The van der Waals surface area contributed by atoms with Gasteiger partial charge in [-0.3, -0.25) is 9.59 Å². The summed E-state index contributed by atoms with van der Waals surface area (Å²) in [5, 5.41) is 13.1. The van der Waals surface area contributed by atoms with Crippen LogP contribution in [-0.2, 0) is 16.2 Å². The van der Waals surface area contributed by atoms with Crippen molar-refractivity contribution in [3.63, 3.8) is 0 Å². The standard InChI is InChI=1S/C28H30N2O4S/c1-3-29(4-2)16-17-30-25(23-11-8-18-35-23)24(27(32)28(30)33)26(31)21-12-14-22(15-13-21)34-19-20-9-6-5-7-10-20/h5-15,18,25,31H,3-4,16-17,19H2,1-2H3/b26-24+. The molecule has 3 aromatic rings. The number of hydrogen-bond acceptors (Lipinski definition) is 6. The van der Waals surface area contributed by atoms with Crippen molar-refractivity contribution < 1.29 is 19.4 Å². The molecular formula is C28H30N2O4S. The molecule has 1 atom stereocenters. The Bertz CT molecular complexity index is 1170. The Morgan fingerprint density at radius 3 is 2.34 bits per heavy atom. The topological polar surface area (TPSA) is 70.1 Å². The Morgan fingerprint density at radius 1 is 1.00 bits per heavy atom. The van der Waals surface area contributed by atoms with Gasteiger partial charge in [-0.15, -0.1) is 11.3 Å². The number of carbonyl (C=O) groups excluding carboxylic acids is 2. The third kappa shape index (κ3) is 5.47. The van der Waals surface area contributed by atoms with Crippen molar-refractivity contribution in [1.29, 1.82) is 0 Å². The number of aliphatic hydroxyl groups excluding tert-OH is 1. The molecule has 7 heteroatoms. The van der Waals surface area contributed by atoms with Gasteiger partial charge in [-0.05, 0) is 54.4 Å². The number of likely N-dealkylation sites (N-methyl/N-ethyl adjacent to an activating group) is 1. The molecule has 0 saturated carbocycles. The summed E-state index contributed by atoms with van der Waals surface area (Å²) < 4.78 is 5.83. The van der Waals surface area contributed by atoms with E-state index >= 15 is 0 Å². The van der Waals surface area contributed by atoms with E-state index in [2.05, 4.69) is 18.7 Å². The largest absolute Gasteiger partial charge is 0.507 e. The molecule has 1 unspecified atom stereocenters. The highest BCUT2D eigenvalue weighted by atomic mass is 32.1. The molecule has 1 saturated heterocycles. The number of likely N-dealkylation sites (tertiary alicyclic amines) is 1. The summed E-state index contributed by atoms with van der Waals surface area (Å²) >= 11 is 1.47. The minimum Gasteiger partial charge on any atom is -0.507 e. The lowest BCUT2D eigenvalue weighted by molar-refractivity contribution is -0.140. The van der Waals surface area contributed by atoms with Crippen molar-refractivity contribution in [1.82, 2.24) is 9.80 Å². The van der Waals surface area contributed by atoms with Gasteiger partial charge in [-0.25, -0.2) is 0 Å². The van der Waals surface area contributed by atoms with Crippen LogP contribution in [0.25, 0.3) is 5.76 Å². The maximum Gasteiger partial charge on any atom is 0.295 e. The molecule has 1 amide bonds. The van der Waals surface area contributed by atoms with Crippen molar-refractivity contribution in [2.24, 2.45) is 0 Å². The van der Waals surface area contributed by atoms with Crippen LogP contribution >= 0.6 is 11.3 Å². The molecule has 1 fully saturated rings. The first-order valence-electron chi connectivity index (χ1n) is 11.8. The van der Waals surface area contributed by atoms with Gasteiger partial charge in [0.25, 0.3) is 11.7 Å². The molecule has 4 rings (SSSR count). The first-order chi connectivity index (χ1) is 17.0. The zero-order chi connectivity index (χ0) is 24.8. The van der Waals surface area contributed by atoms with Gasteiger partial charge < -0.3 is 19.6 Å². The number of benzene rings is 2. The van der Waals surface area contributed by atoms with E-state index in [1.165, 1.54) is 11.3 Å². The number of hydrogen-bond donors (Lipinski definition) is 1. The van der Waals surface area contributed by atoms with Crippen LogP contribution in [0.1, 0.15) is 35.9 Å². The van der Waals surface area contributed by atoms with Crippen molar-refractivity contribution >= 4 is 28.8 Å². The molecule has 2 heterocycles. The maximum atomic E-state index is 13.1. The quantitative estimate of drug-likeness (QED) is 0.244. The lowest BCUT2D eigenvalue weighted by atomic mass is 10.00. The maximum absolute atomic E-state index is 13.1. The number of nitrogens with zero attached hydrogens (tertiary/aromatic N) is 2. The first-order valence-corrected chi connectivity index (χ1v) is 12.7. The van der Waals surface area contributed by atoms with E-state index in [0.717, 1.165) is 23.5 Å². The molecule has 2 aromatic carbocycles. The summed E-state index contributed by atoms with van der Waals surface area (Å²) in [5.41, 5.74) is 1.66. The summed E-state index contributed by atoms with van der Waals surface area (Å²) in [7, 11) is 0. The number of carbonyl (C=O) groups is 2. The van der Waals surface area contributed by atoms with Gasteiger partial charge in [-0.2, -0.15) is 0 Å². The van der Waals surface area contributed by atoms with Gasteiger partial charge >= 0.3 is 0 Å². The predicted molar refractivity (Wildman–Crippen MR) is 138 cm³/mol. The molecule has 1 aliphatic rings. The number of Topliss-reactive ketones (excluding diaryl/α,β-unsaturated/α-hetero) is 1. The summed E-state index contributed by atoms with van der Waals surface area (Å²) in [6, 6.07) is 20.0. The van der Waals surface area contributed by atoms with Crippen LogP contribution in [0.2, 0.25) is 0 Å². The second kappa shape index (κ2) is 11.3. The van der Waals surface area contributed by atoms with E-state index in [1.807, 2.05) is 47.8 Å². The van der Waals surface area contributed by atoms with E-state index < -0.39 is 17.7 Å². The Balaban J connectivity index is 1.60. The van der Waals surface area contributed by atoms with Crippen LogP contribution < -0.4 is 4.74 Å². The molecule has 0 bridgehead atoms. The highest BCUT2D eigenvalue weighted by molar-refractivity contribution is 7.10. The fraction of sp³-hybridized carbons (Fsp3) is 0.286. The molecule has 0 aliphatic carbocycles. The molecule has 1 N–H and O–H groups in total. The molecule has 1 aliphatic heterocycles. The lowest BCUT2D eigenvalue weighted by Gasteiger charge is -2.27. The zero-order valence-corrected chi connectivity index (χ0v) is 20.8. The van der Waals surface area contributed by atoms with Crippen LogP contribution in [-0.4, -0.2) is 52.8 Å². The minimum atomic E-state index is -0.648. The second-order valence-electron chi connectivity index (χ2n) is 8.33. The Labute approximate surface area is 210 Å². The van der Waals surface area contributed by atoms with Gasteiger partial charge in [0.05, 0.1) is 11.6 Å². The number of ether oxygens (including phenoxy) is 1. The lowest BCUT2D eigenvalue weighted by Crippen LogP contribution is -2.37. The van der Waals surface area contributed by atoms with Crippen molar-refractivity contribution in [3.05, 3.63) is 93.7 Å². The summed E-state index contributed by atoms with van der Waals surface area (Å²) in [6.45, 7) is 7.38. The van der Waals surface area contributed by atoms with Gasteiger partial charge in [-0.1, -0.05) is 50.2 Å². The number of ketones is 1. The number of amides is 1. The van der Waals surface area contributed by atoms with Crippen LogP contribution in [0.5, 0.6) is 5.75 Å². The number of aliphatic hydroxyl groups is 1. The number of thiophene rings is 1. The Hall–Kier alpha value is -3.42. The van der Waals surface area contributed by atoms with Gasteiger partial charge in [0.15, 0.2) is 0 Å². The van der Waals surface area contributed by atoms with E-state index in [9.17, 15) is 14.7 Å². The van der Waals surface area contributed by atoms with Crippen LogP contribution in [0, 0.1) is 0 Å². The SMILES string of the molecule is CCN(CC)CCN1C(=O)C(=O)/C(=C(/O)c2ccc(OCc3ccccc3)cc2)C1c1cccs1. The first kappa shape index (κ1) is 24.7.